The van der Waals surface area contributed by atoms with Gasteiger partial charge in [-0.3, -0.25) is 0 Å². The summed E-state index contributed by atoms with van der Waals surface area (Å²) in [6.45, 7) is 5.85. The van der Waals surface area contributed by atoms with Crippen molar-refractivity contribution in [2.24, 2.45) is 5.14 Å². The van der Waals surface area contributed by atoms with Gasteiger partial charge in [-0.05, 0) is 55.2 Å². The third-order valence-corrected chi connectivity index (χ3v) is 3.85. The van der Waals surface area contributed by atoms with Crippen LogP contribution in [0.15, 0.2) is 30.5 Å². The molecule has 0 saturated carbocycles. The number of hydrogen-bond acceptors (Lipinski definition) is 2. The summed E-state index contributed by atoms with van der Waals surface area (Å²) >= 11 is 0. The van der Waals surface area contributed by atoms with Gasteiger partial charge >= 0.3 is 10.2 Å². The molecule has 0 fully saturated rings. The molecule has 0 saturated heterocycles. The van der Waals surface area contributed by atoms with Gasteiger partial charge in [-0.15, -0.1) is 0 Å². The molecule has 96 valence electrons. The van der Waals surface area contributed by atoms with E-state index in [1.807, 2.05) is 45.0 Å². The van der Waals surface area contributed by atoms with Gasteiger partial charge in [0, 0.05) is 6.20 Å². The third-order valence-electron chi connectivity index (χ3n) is 3.00. The van der Waals surface area contributed by atoms with Crippen LogP contribution >= 0.6 is 0 Å². The molecule has 0 spiro atoms. The van der Waals surface area contributed by atoms with Crippen molar-refractivity contribution in [2.75, 3.05) is 0 Å². The summed E-state index contributed by atoms with van der Waals surface area (Å²) in [5.74, 6) is 0. The molecule has 1 aromatic heterocycles. The fraction of sp³-hybridized carbons (Fsp3) is 0.231. The maximum absolute atomic E-state index is 11.5. The summed E-state index contributed by atoms with van der Waals surface area (Å²) in [4.78, 5) is 0. The van der Waals surface area contributed by atoms with Crippen molar-refractivity contribution in [1.29, 1.82) is 0 Å². The van der Waals surface area contributed by atoms with E-state index in [1.165, 1.54) is 11.8 Å². The van der Waals surface area contributed by atoms with Gasteiger partial charge in [0.2, 0.25) is 0 Å². The van der Waals surface area contributed by atoms with Crippen molar-refractivity contribution in [3.8, 4) is 11.3 Å². The number of nitrogens with two attached hydrogens (primary N) is 1. The smallest absolute Gasteiger partial charge is 0.233 e. The molecule has 4 nitrogen and oxygen atoms in total. The molecule has 2 N–H and O–H groups in total. The minimum absolute atomic E-state index is 0.595. The van der Waals surface area contributed by atoms with Crippen LogP contribution in [0.25, 0.3) is 11.3 Å². The molecule has 1 heterocycles. The number of nitrogens with zero attached hydrogens (tertiary/aromatic N) is 1. The van der Waals surface area contributed by atoms with E-state index in [0.29, 0.717) is 5.69 Å². The molecular formula is C13H16N2O2S. The highest BCUT2D eigenvalue weighted by Crippen LogP contribution is 2.25. The molecule has 0 aliphatic carbocycles. The fourth-order valence-electron chi connectivity index (χ4n) is 1.89. The first kappa shape index (κ1) is 12.9. The molecular weight excluding hydrogens is 248 g/mol. The Balaban J connectivity index is 2.68. The first-order valence-electron chi connectivity index (χ1n) is 5.59. The Morgan fingerprint density at radius 3 is 2.28 bits per heavy atom. The number of aromatic nitrogens is 1. The molecule has 2 aromatic rings. The summed E-state index contributed by atoms with van der Waals surface area (Å²) in [6, 6.07) is 7.65. The zero-order chi connectivity index (χ0) is 13.5. The Bertz CT molecular complexity index is 700. The fourth-order valence-corrected chi connectivity index (χ4v) is 2.64. The molecule has 0 amide bonds. The normalized spacial score (nSPS) is 11.8. The predicted octanol–water partition coefficient (Wildman–Crippen LogP) is 2.13. The molecule has 18 heavy (non-hydrogen) atoms. The van der Waals surface area contributed by atoms with Crippen LogP contribution in [0.4, 0.5) is 0 Å². The molecule has 0 radical (unpaired) electrons. The van der Waals surface area contributed by atoms with Crippen LogP contribution in [0.3, 0.4) is 0 Å². The highest BCUT2D eigenvalue weighted by atomic mass is 32.2. The van der Waals surface area contributed by atoms with Gasteiger partial charge in [0.05, 0.1) is 5.69 Å². The second-order valence-electron chi connectivity index (χ2n) is 4.54. The van der Waals surface area contributed by atoms with Crippen molar-refractivity contribution in [2.45, 2.75) is 20.8 Å². The van der Waals surface area contributed by atoms with Gasteiger partial charge in [0.25, 0.3) is 0 Å². The first-order chi connectivity index (χ1) is 8.29. The maximum atomic E-state index is 11.5. The molecule has 1 aromatic carbocycles. The molecule has 0 unspecified atom stereocenters. The van der Waals surface area contributed by atoms with E-state index in [0.717, 1.165) is 20.7 Å². The number of aryl methyl sites for hydroxylation is 3. The van der Waals surface area contributed by atoms with Gasteiger partial charge in [-0.1, -0.05) is 12.1 Å². The minimum Gasteiger partial charge on any atom is -0.233 e. The summed E-state index contributed by atoms with van der Waals surface area (Å²) in [5.41, 5.74) is 4.59. The number of benzene rings is 1. The first-order valence-corrected chi connectivity index (χ1v) is 7.09. The van der Waals surface area contributed by atoms with E-state index < -0.39 is 10.2 Å². The van der Waals surface area contributed by atoms with E-state index in [9.17, 15) is 8.42 Å². The lowest BCUT2D eigenvalue weighted by Gasteiger charge is -2.08. The summed E-state index contributed by atoms with van der Waals surface area (Å²) < 4.78 is 24.2. The summed E-state index contributed by atoms with van der Waals surface area (Å²) in [5, 5.41) is 5.21. The van der Waals surface area contributed by atoms with Crippen LogP contribution in [0.2, 0.25) is 0 Å². The maximum Gasteiger partial charge on any atom is 0.302 e. The van der Waals surface area contributed by atoms with Crippen molar-refractivity contribution < 1.29 is 8.42 Å². The Labute approximate surface area is 107 Å². The van der Waals surface area contributed by atoms with Crippen molar-refractivity contribution in [1.82, 2.24) is 3.97 Å². The van der Waals surface area contributed by atoms with Crippen LogP contribution in [0.5, 0.6) is 0 Å². The molecule has 0 atom stereocenters. The average Bonchev–Trinajstić information content (AvgIpc) is 2.64. The van der Waals surface area contributed by atoms with Crippen LogP contribution in [-0.4, -0.2) is 12.4 Å². The SMILES string of the molecule is Cc1cc(-c2ccc(C)c(C)c2)n(S(N)(=O)=O)c1. The summed E-state index contributed by atoms with van der Waals surface area (Å²) in [7, 11) is -3.77. The van der Waals surface area contributed by atoms with Crippen LogP contribution in [-0.2, 0) is 10.2 Å². The lowest BCUT2D eigenvalue weighted by Crippen LogP contribution is -2.21. The molecule has 0 aliphatic heterocycles. The molecule has 0 bridgehead atoms. The Morgan fingerprint density at radius 1 is 1.06 bits per heavy atom. The number of hydrogen-bond donors (Lipinski definition) is 1. The van der Waals surface area contributed by atoms with E-state index in [-0.39, 0.29) is 0 Å². The second-order valence-corrected chi connectivity index (χ2v) is 5.97. The van der Waals surface area contributed by atoms with Gasteiger partial charge in [0.15, 0.2) is 0 Å². The monoisotopic (exact) mass is 264 g/mol. The second kappa shape index (κ2) is 4.26. The van der Waals surface area contributed by atoms with Gasteiger partial charge in [-0.25, -0.2) is 9.11 Å². The third kappa shape index (κ3) is 2.32. The largest absolute Gasteiger partial charge is 0.302 e. The predicted molar refractivity (Wildman–Crippen MR) is 72.6 cm³/mol. The quantitative estimate of drug-likeness (QED) is 0.903. The molecule has 0 aliphatic rings. The van der Waals surface area contributed by atoms with E-state index in [1.54, 1.807) is 0 Å². The van der Waals surface area contributed by atoms with E-state index in [2.05, 4.69) is 0 Å². The standard InChI is InChI=1S/C13H16N2O2S/c1-9-6-13(15(8-9)18(14,16)17)12-5-4-10(2)11(3)7-12/h4-8H,1-3H3,(H2,14,16,17). The van der Waals surface area contributed by atoms with E-state index in [4.69, 9.17) is 5.14 Å². The van der Waals surface area contributed by atoms with E-state index >= 15 is 0 Å². The van der Waals surface area contributed by atoms with Crippen molar-refractivity contribution in [3.63, 3.8) is 0 Å². The minimum atomic E-state index is -3.77. The van der Waals surface area contributed by atoms with Crippen molar-refractivity contribution >= 4 is 10.2 Å². The lowest BCUT2D eigenvalue weighted by molar-refractivity contribution is 0.590. The zero-order valence-electron chi connectivity index (χ0n) is 10.6. The van der Waals surface area contributed by atoms with Gasteiger partial charge in [-0.2, -0.15) is 8.42 Å². The van der Waals surface area contributed by atoms with Crippen LogP contribution in [0, 0.1) is 20.8 Å². The highest BCUT2D eigenvalue weighted by molar-refractivity contribution is 7.87. The lowest BCUT2D eigenvalue weighted by atomic mass is 10.0. The molecule has 2 rings (SSSR count). The Kier molecular flexibility index (Phi) is 3.04. The number of rotatable bonds is 2. The van der Waals surface area contributed by atoms with Crippen LogP contribution in [0.1, 0.15) is 16.7 Å². The van der Waals surface area contributed by atoms with Gasteiger partial charge < -0.3 is 0 Å². The zero-order valence-corrected chi connectivity index (χ0v) is 11.5. The topological polar surface area (TPSA) is 65.1 Å². The highest BCUT2D eigenvalue weighted by Gasteiger charge is 2.14. The molecule has 5 heteroatoms. The Hall–Kier alpha value is -1.59. The Morgan fingerprint density at radius 2 is 1.72 bits per heavy atom. The van der Waals surface area contributed by atoms with Gasteiger partial charge in [0.1, 0.15) is 0 Å². The van der Waals surface area contributed by atoms with Crippen LogP contribution < -0.4 is 5.14 Å². The van der Waals surface area contributed by atoms with Crippen molar-refractivity contribution in [3.05, 3.63) is 47.2 Å². The average molecular weight is 264 g/mol. The summed E-state index contributed by atoms with van der Waals surface area (Å²) in [6.07, 6.45) is 1.53.